The Morgan fingerprint density at radius 1 is 0.829 bits per heavy atom. The normalized spacial score (nSPS) is 13.6. The van der Waals surface area contributed by atoms with E-state index in [2.05, 4.69) is 21.3 Å². The van der Waals surface area contributed by atoms with E-state index >= 15 is 0 Å². The molecular formula is C27H30N4O4. The van der Waals surface area contributed by atoms with Crippen LogP contribution in [0.25, 0.3) is 0 Å². The molecule has 1 saturated carbocycles. The smallest absolute Gasteiger partial charge is 0.251 e. The van der Waals surface area contributed by atoms with Gasteiger partial charge < -0.3 is 25.7 Å². The van der Waals surface area contributed by atoms with Crippen molar-refractivity contribution in [3.8, 4) is 0 Å². The molecule has 1 aliphatic rings. The maximum Gasteiger partial charge on any atom is 0.251 e. The molecule has 4 N–H and O–H groups in total. The van der Waals surface area contributed by atoms with Gasteiger partial charge in [0.1, 0.15) is 5.76 Å². The third-order valence-corrected chi connectivity index (χ3v) is 5.93. The van der Waals surface area contributed by atoms with Crippen LogP contribution in [0, 0.1) is 0 Å². The van der Waals surface area contributed by atoms with Gasteiger partial charge in [-0.05, 0) is 61.4 Å². The van der Waals surface area contributed by atoms with Crippen LogP contribution in [0.4, 0.5) is 11.4 Å². The first kappa shape index (κ1) is 24.1. The van der Waals surface area contributed by atoms with Crippen molar-refractivity contribution in [2.45, 2.75) is 44.7 Å². The molecule has 3 aromatic rings. The van der Waals surface area contributed by atoms with Crippen molar-refractivity contribution in [1.82, 2.24) is 10.6 Å². The van der Waals surface area contributed by atoms with Gasteiger partial charge in [0.2, 0.25) is 5.91 Å². The topological polar surface area (TPSA) is 112 Å². The lowest BCUT2D eigenvalue weighted by molar-refractivity contribution is -0.114. The van der Waals surface area contributed by atoms with E-state index in [0.717, 1.165) is 25.7 Å². The summed E-state index contributed by atoms with van der Waals surface area (Å²) < 4.78 is 5.21. The number of benzene rings is 2. The Morgan fingerprint density at radius 3 is 2.29 bits per heavy atom. The Hall–Kier alpha value is -4.07. The Bertz CT molecular complexity index is 1150. The first-order valence-corrected chi connectivity index (χ1v) is 11.9. The maximum absolute atomic E-state index is 12.6. The zero-order valence-corrected chi connectivity index (χ0v) is 19.5. The van der Waals surface area contributed by atoms with Gasteiger partial charge in [0.15, 0.2) is 0 Å². The molecule has 2 aromatic carbocycles. The molecule has 1 aromatic heterocycles. The van der Waals surface area contributed by atoms with E-state index in [0.29, 0.717) is 28.3 Å². The summed E-state index contributed by atoms with van der Waals surface area (Å²) in [7, 11) is 0. The molecule has 0 atom stereocenters. The van der Waals surface area contributed by atoms with Gasteiger partial charge in [-0.3, -0.25) is 14.4 Å². The third kappa shape index (κ3) is 7.20. The van der Waals surface area contributed by atoms with Crippen molar-refractivity contribution in [2.24, 2.45) is 0 Å². The molecule has 0 aliphatic heterocycles. The highest BCUT2D eigenvalue weighted by molar-refractivity contribution is 5.98. The molecule has 35 heavy (non-hydrogen) atoms. The lowest BCUT2D eigenvalue weighted by Crippen LogP contribution is -2.36. The van der Waals surface area contributed by atoms with Gasteiger partial charge >= 0.3 is 0 Å². The van der Waals surface area contributed by atoms with Crippen molar-refractivity contribution < 1.29 is 18.8 Å². The summed E-state index contributed by atoms with van der Waals surface area (Å²) in [4.78, 5) is 37.4. The van der Waals surface area contributed by atoms with Gasteiger partial charge in [-0.1, -0.05) is 31.4 Å². The van der Waals surface area contributed by atoms with Gasteiger partial charge in [-0.25, -0.2) is 0 Å². The third-order valence-electron chi connectivity index (χ3n) is 5.93. The molecule has 0 saturated heterocycles. The van der Waals surface area contributed by atoms with Crippen LogP contribution in [-0.2, 0) is 11.3 Å². The second kappa shape index (κ2) is 11.9. The van der Waals surface area contributed by atoms with Gasteiger partial charge in [-0.2, -0.15) is 0 Å². The zero-order valence-electron chi connectivity index (χ0n) is 19.5. The van der Waals surface area contributed by atoms with Crippen molar-refractivity contribution in [3.05, 3.63) is 83.8 Å². The second-order valence-electron chi connectivity index (χ2n) is 8.63. The summed E-state index contributed by atoms with van der Waals surface area (Å²) in [6.45, 7) is 0.298. The average Bonchev–Trinajstić information content (AvgIpc) is 3.41. The largest absolute Gasteiger partial charge is 0.467 e. The minimum atomic E-state index is -0.268. The van der Waals surface area contributed by atoms with E-state index in [1.807, 2.05) is 6.07 Å². The predicted octanol–water partition coefficient (Wildman–Crippen LogP) is 4.32. The Morgan fingerprint density at radius 2 is 1.54 bits per heavy atom. The van der Waals surface area contributed by atoms with Crippen molar-refractivity contribution in [3.63, 3.8) is 0 Å². The van der Waals surface area contributed by atoms with Crippen LogP contribution in [0.15, 0.2) is 71.3 Å². The SMILES string of the molecule is O=C(CNc1cccc(C(=O)NC2CCCCC2)c1)Nc1cccc(C(=O)NCc2ccco2)c1. The number of carbonyl (C=O) groups excluding carboxylic acids is 3. The van der Waals surface area contributed by atoms with Crippen LogP contribution in [-0.4, -0.2) is 30.3 Å². The number of amides is 3. The molecule has 8 heteroatoms. The Labute approximate surface area is 204 Å². The summed E-state index contributed by atoms with van der Waals surface area (Å²) in [5.74, 6) is 0.0331. The Kier molecular flexibility index (Phi) is 8.17. The molecule has 182 valence electrons. The van der Waals surface area contributed by atoms with Gasteiger partial charge in [0.25, 0.3) is 11.8 Å². The fourth-order valence-corrected chi connectivity index (χ4v) is 4.09. The highest BCUT2D eigenvalue weighted by Crippen LogP contribution is 2.18. The minimum Gasteiger partial charge on any atom is -0.467 e. The predicted molar refractivity (Wildman–Crippen MR) is 134 cm³/mol. The number of hydrogen-bond acceptors (Lipinski definition) is 5. The second-order valence-corrected chi connectivity index (χ2v) is 8.63. The highest BCUT2D eigenvalue weighted by atomic mass is 16.3. The van der Waals surface area contributed by atoms with Crippen LogP contribution in [0.3, 0.4) is 0 Å². The zero-order chi connectivity index (χ0) is 24.5. The average molecular weight is 475 g/mol. The van der Waals surface area contributed by atoms with E-state index in [1.165, 1.54) is 6.42 Å². The van der Waals surface area contributed by atoms with E-state index in [-0.39, 0.29) is 36.9 Å². The maximum atomic E-state index is 12.6. The quantitative estimate of drug-likeness (QED) is 0.369. The molecule has 8 nitrogen and oxygen atoms in total. The van der Waals surface area contributed by atoms with E-state index in [1.54, 1.807) is 60.9 Å². The van der Waals surface area contributed by atoms with Crippen LogP contribution in [0.1, 0.15) is 58.6 Å². The number of hydrogen-bond donors (Lipinski definition) is 4. The number of rotatable bonds is 9. The highest BCUT2D eigenvalue weighted by Gasteiger charge is 2.17. The fraction of sp³-hybridized carbons (Fsp3) is 0.296. The van der Waals surface area contributed by atoms with Crippen LogP contribution >= 0.6 is 0 Å². The molecule has 1 heterocycles. The monoisotopic (exact) mass is 474 g/mol. The first-order valence-electron chi connectivity index (χ1n) is 11.9. The number of carbonyl (C=O) groups is 3. The molecule has 3 amide bonds. The van der Waals surface area contributed by atoms with Crippen LogP contribution in [0.5, 0.6) is 0 Å². The van der Waals surface area contributed by atoms with E-state index in [9.17, 15) is 14.4 Å². The molecular weight excluding hydrogens is 444 g/mol. The minimum absolute atomic E-state index is 0.0165. The molecule has 0 bridgehead atoms. The number of anilines is 2. The fourth-order valence-electron chi connectivity index (χ4n) is 4.09. The Balaban J connectivity index is 1.26. The molecule has 0 radical (unpaired) electrons. The van der Waals surface area contributed by atoms with Crippen molar-refractivity contribution in [1.29, 1.82) is 0 Å². The van der Waals surface area contributed by atoms with Crippen molar-refractivity contribution in [2.75, 3.05) is 17.2 Å². The first-order chi connectivity index (χ1) is 17.1. The summed E-state index contributed by atoms with van der Waals surface area (Å²) in [5.41, 5.74) is 2.19. The van der Waals surface area contributed by atoms with Gasteiger partial charge in [0, 0.05) is 28.5 Å². The molecule has 4 rings (SSSR count). The van der Waals surface area contributed by atoms with Crippen LogP contribution in [0.2, 0.25) is 0 Å². The lowest BCUT2D eigenvalue weighted by atomic mass is 9.95. The summed E-state index contributed by atoms with van der Waals surface area (Å²) >= 11 is 0. The summed E-state index contributed by atoms with van der Waals surface area (Å²) in [5, 5.41) is 11.7. The van der Waals surface area contributed by atoms with Crippen LogP contribution < -0.4 is 21.3 Å². The standard InChI is InChI=1S/C27H30N4O4/c32-25(30-23-12-5-7-19(16-23)26(33)29-17-24-13-6-14-35-24)18-28-22-11-4-8-20(15-22)27(34)31-21-9-2-1-3-10-21/h4-8,11-16,21,28H,1-3,9-10,17-18H2,(H,29,33)(H,30,32)(H,31,34). The molecule has 1 aliphatic carbocycles. The molecule has 0 spiro atoms. The summed E-state index contributed by atoms with van der Waals surface area (Å²) in [6.07, 6.45) is 7.14. The van der Waals surface area contributed by atoms with E-state index < -0.39 is 0 Å². The lowest BCUT2D eigenvalue weighted by Gasteiger charge is -2.22. The number of nitrogens with one attached hydrogen (secondary N) is 4. The van der Waals surface area contributed by atoms with Gasteiger partial charge in [0.05, 0.1) is 19.4 Å². The summed E-state index contributed by atoms with van der Waals surface area (Å²) in [6, 6.07) is 17.6. The molecule has 0 unspecified atom stereocenters. The number of furan rings is 1. The molecule has 1 fully saturated rings. The van der Waals surface area contributed by atoms with Crippen molar-refractivity contribution >= 4 is 29.1 Å². The van der Waals surface area contributed by atoms with Gasteiger partial charge in [-0.15, -0.1) is 0 Å². The van der Waals surface area contributed by atoms with E-state index in [4.69, 9.17) is 4.42 Å².